The van der Waals surface area contributed by atoms with Crippen molar-refractivity contribution in [3.63, 3.8) is 0 Å². The zero-order valence-corrected chi connectivity index (χ0v) is 21.7. The van der Waals surface area contributed by atoms with Gasteiger partial charge in [0.2, 0.25) is 0 Å². The summed E-state index contributed by atoms with van der Waals surface area (Å²) in [5, 5.41) is 2.08. The van der Waals surface area contributed by atoms with Crippen LogP contribution in [0, 0.1) is 12.3 Å². The van der Waals surface area contributed by atoms with E-state index in [1.807, 2.05) is 37.3 Å². The van der Waals surface area contributed by atoms with Gasteiger partial charge in [-0.2, -0.15) is 8.42 Å². The topological polar surface area (TPSA) is 84.8 Å². The maximum atomic E-state index is 14.0. The molecule has 1 N–H and O–H groups in total. The summed E-state index contributed by atoms with van der Waals surface area (Å²) in [6.07, 6.45) is 14.1. The SMILES string of the molecule is C#Cc1ccc2c(c1)[nH]c1c2c(=O)c2cc(CC)c(-c3cncc(S(=O)(=O)F)c3)cc2n1C1CCCCC1. The number of aryl methyl sites for hydroxylation is 1. The van der Waals surface area contributed by atoms with Crippen LogP contribution < -0.4 is 5.43 Å². The zero-order valence-electron chi connectivity index (χ0n) is 20.9. The Labute approximate surface area is 219 Å². The monoisotopic (exact) mass is 527 g/mol. The van der Waals surface area contributed by atoms with Crippen LogP contribution in [0.2, 0.25) is 0 Å². The molecule has 1 aliphatic carbocycles. The molecule has 6 rings (SSSR count). The molecule has 0 aliphatic heterocycles. The van der Waals surface area contributed by atoms with E-state index >= 15 is 0 Å². The van der Waals surface area contributed by atoms with Gasteiger partial charge >= 0.3 is 10.2 Å². The summed E-state index contributed by atoms with van der Waals surface area (Å²) in [7, 11) is -4.91. The Bertz CT molecular complexity index is 1960. The van der Waals surface area contributed by atoms with Crippen molar-refractivity contribution < 1.29 is 12.3 Å². The highest BCUT2D eigenvalue weighted by atomic mass is 32.3. The Morgan fingerprint density at radius 1 is 1.11 bits per heavy atom. The first kappa shape index (κ1) is 24.4. The predicted molar refractivity (Wildman–Crippen MR) is 149 cm³/mol. The number of nitrogens with one attached hydrogen (secondary N) is 1. The first-order valence-electron chi connectivity index (χ1n) is 12.8. The summed E-state index contributed by atoms with van der Waals surface area (Å²) in [5.74, 6) is 2.66. The zero-order chi connectivity index (χ0) is 26.6. The van der Waals surface area contributed by atoms with Gasteiger partial charge in [-0.1, -0.05) is 38.2 Å². The van der Waals surface area contributed by atoms with Crippen molar-refractivity contribution in [2.24, 2.45) is 0 Å². The van der Waals surface area contributed by atoms with Gasteiger partial charge in [0, 0.05) is 45.9 Å². The van der Waals surface area contributed by atoms with Crippen LogP contribution in [0.1, 0.15) is 56.2 Å². The van der Waals surface area contributed by atoms with Crippen molar-refractivity contribution in [2.45, 2.75) is 56.4 Å². The second-order valence-electron chi connectivity index (χ2n) is 9.97. The van der Waals surface area contributed by atoms with Crippen LogP contribution in [0.4, 0.5) is 3.89 Å². The number of fused-ring (bicyclic) bond motifs is 4. The lowest BCUT2D eigenvalue weighted by atomic mass is 9.92. The Morgan fingerprint density at radius 2 is 1.89 bits per heavy atom. The first-order chi connectivity index (χ1) is 18.3. The molecule has 1 fully saturated rings. The number of hydrogen-bond acceptors (Lipinski definition) is 4. The molecule has 0 spiro atoms. The normalized spacial score (nSPS) is 14.9. The molecule has 6 nitrogen and oxygen atoms in total. The van der Waals surface area contributed by atoms with E-state index in [2.05, 4.69) is 20.5 Å². The van der Waals surface area contributed by atoms with Crippen LogP contribution in [-0.2, 0) is 16.6 Å². The van der Waals surface area contributed by atoms with E-state index in [0.717, 1.165) is 70.6 Å². The third-order valence-corrected chi connectivity index (χ3v) is 8.55. The number of H-pyrrole nitrogens is 1. The van der Waals surface area contributed by atoms with E-state index in [4.69, 9.17) is 6.42 Å². The second kappa shape index (κ2) is 9.10. The fourth-order valence-electron chi connectivity index (χ4n) is 5.93. The highest BCUT2D eigenvalue weighted by Gasteiger charge is 2.24. The number of terminal acetylenes is 1. The van der Waals surface area contributed by atoms with E-state index < -0.39 is 15.1 Å². The standard InChI is InChI=1S/C30H26FN3O3S/c1-3-18-10-11-23-26(12-18)33-30-28(23)29(35)25-14-19(4-2)24(20-13-22(17-32-16-20)38(31,36)37)15-27(25)34(30)21-8-6-5-7-9-21/h1,10-17,21,33H,4-9H2,2H3. The number of pyridine rings is 2. The molecule has 0 amide bonds. The van der Waals surface area contributed by atoms with Gasteiger partial charge in [0.05, 0.1) is 10.9 Å². The first-order valence-corrected chi connectivity index (χ1v) is 14.2. The molecule has 5 aromatic rings. The Hall–Kier alpha value is -3.96. The minimum Gasteiger partial charge on any atom is -0.340 e. The van der Waals surface area contributed by atoms with Crippen molar-refractivity contribution in [1.29, 1.82) is 0 Å². The summed E-state index contributed by atoms with van der Waals surface area (Å²) >= 11 is 0. The predicted octanol–water partition coefficient (Wildman–Crippen LogP) is 6.41. The molecule has 38 heavy (non-hydrogen) atoms. The van der Waals surface area contributed by atoms with Crippen molar-refractivity contribution in [2.75, 3.05) is 0 Å². The molecule has 0 bridgehead atoms. The van der Waals surface area contributed by atoms with Crippen LogP contribution in [0.5, 0.6) is 0 Å². The van der Waals surface area contributed by atoms with Crippen molar-refractivity contribution >= 4 is 43.1 Å². The van der Waals surface area contributed by atoms with Gasteiger partial charge in [-0.3, -0.25) is 9.78 Å². The van der Waals surface area contributed by atoms with Crippen molar-refractivity contribution in [1.82, 2.24) is 14.5 Å². The lowest BCUT2D eigenvalue weighted by Gasteiger charge is -2.27. The van der Waals surface area contributed by atoms with Crippen molar-refractivity contribution in [3.05, 3.63) is 70.1 Å². The summed E-state index contributed by atoms with van der Waals surface area (Å²) in [4.78, 5) is 21.0. The van der Waals surface area contributed by atoms with E-state index in [0.29, 0.717) is 22.8 Å². The van der Waals surface area contributed by atoms with Crippen molar-refractivity contribution in [3.8, 4) is 23.5 Å². The number of halogens is 1. The molecular weight excluding hydrogens is 501 g/mol. The van der Waals surface area contributed by atoms with Crippen LogP contribution >= 0.6 is 0 Å². The fraction of sp³-hybridized carbons (Fsp3) is 0.267. The molecule has 0 unspecified atom stereocenters. The van der Waals surface area contributed by atoms with E-state index in [1.165, 1.54) is 18.7 Å². The number of benzene rings is 2. The Kier molecular flexibility index (Phi) is 5.84. The van der Waals surface area contributed by atoms with Crippen LogP contribution in [0.25, 0.3) is 44.0 Å². The van der Waals surface area contributed by atoms with Gasteiger partial charge in [0.1, 0.15) is 10.5 Å². The molecular formula is C30H26FN3O3S. The van der Waals surface area contributed by atoms with Crippen LogP contribution in [-0.4, -0.2) is 23.0 Å². The molecule has 192 valence electrons. The van der Waals surface area contributed by atoms with Gasteiger partial charge < -0.3 is 9.55 Å². The molecule has 0 radical (unpaired) electrons. The second-order valence-corrected chi connectivity index (χ2v) is 11.3. The molecule has 1 saturated carbocycles. The molecule has 3 aromatic heterocycles. The van der Waals surface area contributed by atoms with Gasteiger partial charge in [0.25, 0.3) is 0 Å². The average molecular weight is 528 g/mol. The minimum atomic E-state index is -4.91. The lowest BCUT2D eigenvalue weighted by Crippen LogP contribution is -2.18. The number of nitrogens with zero attached hydrogens (tertiary/aromatic N) is 2. The maximum Gasteiger partial charge on any atom is 0.333 e. The summed E-state index contributed by atoms with van der Waals surface area (Å²) in [5.41, 5.74) is 5.07. The fourth-order valence-corrected chi connectivity index (χ4v) is 6.39. The van der Waals surface area contributed by atoms with Crippen LogP contribution in [0.15, 0.2) is 58.5 Å². The highest BCUT2D eigenvalue weighted by Crippen LogP contribution is 2.38. The smallest absolute Gasteiger partial charge is 0.333 e. The van der Waals surface area contributed by atoms with E-state index in [9.17, 15) is 17.1 Å². The summed E-state index contributed by atoms with van der Waals surface area (Å²) < 4.78 is 39.3. The largest absolute Gasteiger partial charge is 0.340 e. The molecule has 0 saturated heterocycles. The average Bonchev–Trinajstić information content (AvgIpc) is 3.31. The third kappa shape index (κ3) is 3.89. The molecule has 2 aromatic carbocycles. The van der Waals surface area contributed by atoms with Crippen LogP contribution in [0.3, 0.4) is 0 Å². The summed E-state index contributed by atoms with van der Waals surface area (Å²) in [6.45, 7) is 1.97. The van der Waals surface area contributed by atoms with Gasteiger partial charge in [-0.05, 0) is 60.7 Å². The summed E-state index contributed by atoms with van der Waals surface area (Å²) in [6, 6.07) is 11.0. The third-order valence-electron chi connectivity index (χ3n) is 7.77. The van der Waals surface area contributed by atoms with E-state index in [-0.39, 0.29) is 11.5 Å². The molecule has 3 heterocycles. The number of aromatic nitrogens is 3. The van der Waals surface area contributed by atoms with Gasteiger partial charge in [-0.15, -0.1) is 10.3 Å². The van der Waals surface area contributed by atoms with E-state index in [1.54, 1.807) is 0 Å². The maximum absolute atomic E-state index is 14.0. The highest BCUT2D eigenvalue weighted by molar-refractivity contribution is 7.86. The van der Waals surface area contributed by atoms with Gasteiger partial charge in [-0.25, -0.2) is 0 Å². The minimum absolute atomic E-state index is 0.0683. The lowest BCUT2D eigenvalue weighted by molar-refractivity contribution is 0.365. The quantitative estimate of drug-likeness (QED) is 0.216. The number of hydrogen-bond donors (Lipinski definition) is 1. The molecule has 0 atom stereocenters. The molecule has 1 aliphatic rings. The number of aromatic amines is 1. The van der Waals surface area contributed by atoms with Gasteiger partial charge in [0.15, 0.2) is 5.43 Å². The molecule has 8 heteroatoms. The Morgan fingerprint density at radius 3 is 2.61 bits per heavy atom. The number of rotatable bonds is 4. The Balaban J connectivity index is 1.74.